The Balaban J connectivity index is 1.30. The maximum Gasteiger partial charge on any atom is 0.234 e. The van der Waals surface area contributed by atoms with E-state index in [0.717, 1.165) is 43.9 Å². The van der Waals surface area contributed by atoms with Crippen LogP contribution in [0.5, 0.6) is 11.5 Å². The first kappa shape index (κ1) is 18.4. The van der Waals surface area contributed by atoms with E-state index in [-0.39, 0.29) is 11.9 Å². The summed E-state index contributed by atoms with van der Waals surface area (Å²) in [6.07, 6.45) is 10.6. The lowest BCUT2D eigenvalue weighted by molar-refractivity contribution is -0.122. The zero-order chi connectivity index (χ0) is 18.5. The summed E-state index contributed by atoms with van der Waals surface area (Å²) in [5, 5.41) is 3.11. The molecule has 2 heterocycles. The lowest BCUT2D eigenvalue weighted by atomic mass is 9.97. The minimum absolute atomic E-state index is 0.135. The van der Waals surface area contributed by atoms with Crippen molar-refractivity contribution in [3.05, 3.63) is 35.4 Å². The fourth-order valence-corrected chi connectivity index (χ4v) is 4.39. The average molecular weight is 370 g/mol. The van der Waals surface area contributed by atoms with Crippen LogP contribution in [-0.4, -0.2) is 43.7 Å². The molecule has 0 spiro atoms. The second kappa shape index (κ2) is 8.79. The lowest BCUT2D eigenvalue weighted by Gasteiger charge is -2.26. The third kappa shape index (κ3) is 4.64. The Morgan fingerprint density at radius 3 is 2.89 bits per heavy atom. The monoisotopic (exact) mass is 370 g/mol. The van der Waals surface area contributed by atoms with Crippen molar-refractivity contribution in [2.45, 2.75) is 51.0 Å². The van der Waals surface area contributed by atoms with Crippen LogP contribution in [0.4, 0.5) is 0 Å². The number of benzene rings is 1. The molecule has 1 aliphatic carbocycles. The Bertz CT molecular complexity index is 701. The van der Waals surface area contributed by atoms with Crippen molar-refractivity contribution in [1.82, 2.24) is 10.2 Å². The van der Waals surface area contributed by atoms with Crippen molar-refractivity contribution >= 4 is 5.91 Å². The molecule has 1 unspecified atom stereocenters. The second-order valence-corrected chi connectivity index (χ2v) is 7.74. The first-order chi connectivity index (χ1) is 13.3. The summed E-state index contributed by atoms with van der Waals surface area (Å²) in [6.45, 7) is 3.41. The van der Waals surface area contributed by atoms with E-state index >= 15 is 0 Å². The fourth-order valence-electron chi connectivity index (χ4n) is 4.39. The minimum Gasteiger partial charge on any atom is -0.486 e. The second-order valence-electron chi connectivity index (χ2n) is 7.74. The molecule has 0 saturated carbocycles. The van der Waals surface area contributed by atoms with Crippen molar-refractivity contribution in [2.24, 2.45) is 0 Å². The van der Waals surface area contributed by atoms with Crippen LogP contribution in [0, 0.1) is 0 Å². The molecular formula is C22H30N2O3. The molecule has 4 rings (SSSR count). The Hall–Kier alpha value is -2.01. The van der Waals surface area contributed by atoms with Crippen molar-refractivity contribution in [3.8, 4) is 11.5 Å². The van der Waals surface area contributed by atoms with Gasteiger partial charge in [-0.2, -0.15) is 0 Å². The van der Waals surface area contributed by atoms with Gasteiger partial charge in [-0.3, -0.25) is 9.69 Å². The summed E-state index contributed by atoms with van der Waals surface area (Å²) in [6, 6.07) is 6.49. The Morgan fingerprint density at radius 2 is 2.04 bits per heavy atom. The van der Waals surface area contributed by atoms with Crippen molar-refractivity contribution in [3.63, 3.8) is 0 Å². The van der Waals surface area contributed by atoms with E-state index in [1.165, 1.54) is 36.8 Å². The molecule has 5 heteroatoms. The molecule has 1 aromatic rings. The zero-order valence-electron chi connectivity index (χ0n) is 16.0. The molecular weight excluding hydrogens is 340 g/mol. The highest BCUT2D eigenvalue weighted by Crippen LogP contribution is 2.37. The van der Waals surface area contributed by atoms with E-state index in [4.69, 9.17) is 9.47 Å². The van der Waals surface area contributed by atoms with Crippen LogP contribution in [0.25, 0.3) is 0 Å². The maximum absolute atomic E-state index is 12.4. The number of carbonyl (C=O) groups is 1. The maximum atomic E-state index is 12.4. The number of nitrogens with one attached hydrogen (secondary N) is 1. The van der Waals surface area contributed by atoms with Crippen LogP contribution in [0.2, 0.25) is 0 Å². The van der Waals surface area contributed by atoms with Crippen LogP contribution < -0.4 is 14.8 Å². The highest BCUT2D eigenvalue weighted by atomic mass is 16.6. The van der Waals surface area contributed by atoms with Gasteiger partial charge in [-0.15, -0.1) is 0 Å². The number of carbonyl (C=O) groups excluding carboxylic acids is 1. The average Bonchev–Trinajstić information content (AvgIpc) is 3.16. The summed E-state index contributed by atoms with van der Waals surface area (Å²) in [4.78, 5) is 14.7. The summed E-state index contributed by atoms with van der Waals surface area (Å²) in [5.41, 5.74) is 2.73. The van der Waals surface area contributed by atoms with Gasteiger partial charge in [-0.1, -0.05) is 17.7 Å². The van der Waals surface area contributed by atoms with Crippen LogP contribution in [0.15, 0.2) is 29.8 Å². The predicted octanol–water partition coefficient (Wildman–Crippen LogP) is 3.60. The number of nitrogens with zero attached hydrogens (tertiary/aromatic N) is 1. The van der Waals surface area contributed by atoms with E-state index in [1.54, 1.807) is 0 Å². The van der Waals surface area contributed by atoms with E-state index in [0.29, 0.717) is 19.8 Å². The van der Waals surface area contributed by atoms with E-state index in [1.807, 2.05) is 6.07 Å². The van der Waals surface area contributed by atoms with Gasteiger partial charge in [-0.25, -0.2) is 0 Å². The van der Waals surface area contributed by atoms with E-state index in [9.17, 15) is 4.79 Å². The molecule has 3 aliphatic rings. The van der Waals surface area contributed by atoms with Crippen LogP contribution in [0.1, 0.15) is 56.6 Å². The first-order valence-corrected chi connectivity index (χ1v) is 10.4. The number of hydrogen-bond donors (Lipinski definition) is 1. The van der Waals surface area contributed by atoms with Gasteiger partial charge >= 0.3 is 0 Å². The molecule has 1 saturated heterocycles. The third-order valence-corrected chi connectivity index (χ3v) is 5.81. The normalized spacial score (nSPS) is 22.4. The SMILES string of the molecule is O=C(CN1CCCC1c1ccc2c(c1)OCCO2)NCCC1=CCCCC1. The van der Waals surface area contributed by atoms with Crippen LogP contribution in [0.3, 0.4) is 0 Å². The third-order valence-electron chi connectivity index (χ3n) is 5.81. The smallest absolute Gasteiger partial charge is 0.234 e. The number of likely N-dealkylation sites (tertiary alicyclic amines) is 1. The largest absolute Gasteiger partial charge is 0.486 e. The van der Waals surface area contributed by atoms with Gasteiger partial charge in [0.15, 0.2) is 11.5 Å². The van der Waals surface area contributed by atoms with Crippen molar-refractivity contribution < 1.29 is 14.3 Å². The zero-order valence-corrected chi connectivity index (χ0v) is 16.0. The molecule has 0 aromatic heterocycles. The van der Waals surface area contributed by atoms with Gasteiger partial charge < -0.3 is 14.8 Å². The van der Waals surface area contributed by atoms with Gasteiger partial charge in [0.2, 0.25) is 5.91 Å². The quantitative estimate of drug-likeness (QED) is 0.778. The number of ether oxygens (including phenoxy) is 2. The number of rotatable bonds is 6. The molecule has 0 bridgehead atoms. The summed E-state index contributed by atoms with van der Waals surface area (Å²) >= 11 is 0. The van der Waals surface area contributed by atoms with Gasteiger partial charge in [0.1, 0.15) is 13.2 Å². The van der Waals surface area contributed by atoms with E-state index in [2.05, 4.69) is 28.4 Å². The summed E-state index contributed by atoms with van der Waals surface area (Å²) in [5.74, 6) is 1.79. The standard InChI is InChI=1S/C22H30N2O3/c25-22(23-11-10-17-5-2-1-3-6-17)16-24-12-4-7-19(24)18-8-9-20-21(15-18)27-14-13-26-20/h5,8-9,15,19H,1-4,6-7,10-14,16H2,(H,23,25). The Kier molecular flexibility index (Phi) is 5.97. The molecule has 5 nitrogen and oxygen atoms in total. The van der Waals surface area contributed by atoms with Crippen LogP contribution in [-0.2, 0) is 4.79 Å². The molecule has 1 N–H and O–H groups in total. The number of amides is 1. The molecule has 2 aliphatic heterocycles. The molecule has 1 aromatic carbocycles. The number of hydrogen-bond acceptors (Lipinski definition) is 4. The summed E-state index contributed by atoms with van der Waals surface area (Å²) in [7, 11) is 0. The fraction of sp³-hybridized carbons (Fsp3) is 0.591. The summed E-state index contributed by atoms with van der Waals surface area (Å²) < 4.78 is 11.3. The Morgan fingerprint density at radius 1 is 1.15 bits per heavy atom. The van der Waals surface area contributed by atoms with Crippen LogP contribution >= 0.6 is 0 Å². The molecule has 146 valence electrons. The lowest BCUT2D eigenvalue weighted by Crippen LogP contribution is -2.37. The highest BCUT2D eigenvalue weighted by molar-refractivity contribution is 5.78. The Labute approximate surface area is 161 Å². The number of allylic oxidation sites excluding steroid dienone is 1. The minimum atomic E-state index is 0.135. The molecule has 1 atom stereocenters. The number of fused-ring (bicyclic) bond motifs is 1. The van der Waals surface area contributed by atoms with Gasteiger partial charge in [0, 0.05) is 12.6 Å². The van der Waals surface area contributed by atoms with Gasteiger partial charge in [0.25, 0.3) is 0 Å². The highest BCUT2D eigenvalue weighted by Gasteiger charge is 2.28. The van der Waals surface area contributed by atoms with E-state index < -0.39 is 0 Å². The molecule has 1 fully saturated rings. The van der Waals surface area contributed by atoms with Crippen molar-refractivity contribution in [2.75, 3.05) is 32.8 Å². The predicted molar refractivity (Wildman–Crippen MR) is 105 cm³/mol. The topological polar surface area (TPSA) is 50.8 Å². The van der Waals surface area contributed by atoms with Crippen molar-refractivity contribution in [1.29, 1.82) is 0 Å². The van der Waals surface area contributed by atoms with Gasteiger partial charge in [-0.05, 0) is 69.2 Å². The molecule has 0 radical (unpaired) electrons. The molecule has 27 heavy (non-hydrogen) atoms. The molecule has 1 amide bonds. The first-order valence-electron chi connectivity index (χ1n) is 10.4. The van der Waals surface area contributed by atoms with Gasteiger partial charge in [0.05, 0.1) is 6.54 Å².